The van der Waals surface area contributed by atoms with Crippen LogP contribution in [0.5, 0.6) is 0 Å². The Hall–Kier alpha value is 0.170. The molecule has 6 nitrogen and oxygen atoms in total. The summed E-state index contributed by atoms with van der Waals surface area (Å²) in [4.78, 5) is 33.6. The van der Waals surface area contributed by atoms with Gasteiger partial charge in [0.1, 0.15) is 10.0 Å². The first kappa shape index (κ1) is 26.4. The van der Waals surface area contributed by atoms with Gasteiger partial charge in [0.2, 0.25) is 11.8 Å². The number of hydrogen-bond acceptors (Lipinski definition) is 5. The Kier molecular flexibility index (Phi) is 9.16. The maximum Gasteiger partial charge on any atom is 0.309 e. The Morgan fingerprint density at radius 1 is 0.867 bits per heavy atom. The molecule has 1 aromatic carbocycles. The van der Waals surface area contributed by atoms with E-state index in [4.69, 9.17) is 92.8 Å². The fourth-order valence-electron chi connectivity index (χ4n) is 2.72. The summed E-state index contributed by atoms with van der Waals surface area (Å²) in [6.45, 7) is 0. The number of carbonyl (C=O) groups excluding carboxylic acids is 2. The molecular weight excluding hydrogens is 588 g/mol. The molecule has 2 atom stereocenters. The average Bonchev–Trinajstić information content (AvgIpc) is 2.89. The zero-order valence-electron chi connectivity index (χ0n) is 14.2. The van der Waals surface area contributed by atoms with Crippen LogP contribution in [0.3, 0.4) is 0 Å². The molecule has 164 valence electrons. The van der Waals surface area contributed by atoms with E-state index in [0.717, 1.165) is 4.31 Å². The fourth-order valence-corrected chi connectivity index (χ4v) is 5.26. The molecule has 2 amide bonds. The first-order valence-electron chi connectivity index (χ1n) is 7.72. The number of benzene rings is 1. The maximum atomic E-state index is 11.9. The molecule has 1 fully saturated rings. The number of rotatable bonds is 2. The molecule has 1 aromatic rings. The predicted octanol–water partition coefficient (Wildman–Crippen LogP) is 7.78. The number of fused-ring (bicyclic) bond motifs is 1. The smallest absolute Gasteiger partial charge is 0.273 e. The Bertz CT molecular complexity index is 881. The van der Waals surface area contributed by atoms with E-state index in [9.17, 15) is 19.7 Å². The molecular formula is C15H8Cl8N2O4S. The highest BCUT2D eigenvalue weighted by Gasteiger charge is 2.49. The molecule has 0 bridgehead atoms. The third-order valence-corrected chi connectivity index (χ3v) is 7.66. The lowest BCUT2D eigenvalue weighted by atomic mass is 9.85. The summed E-state index contributed by atoms with van der Waals surface area (Å²) in [5.74, 6) is -1.07. The van der Waals surface area contributed by atoms with E-state index >= 15 is 0 Å². The third kappa shape index (κ3) is 5.74. The summed E-state index contributed by atoms with van der Waals surface area (Å²) in [5.41, 5.74) is -0.548. The summed E-state index contributed by atoms with van der Waals surface area (Å²) in [6.07, 6.45) is 5.00. The number of allylic oxidation sites excluding steroid dienone is 2. The van der Waals surface area contributed by atoms with Crippen molar-refractivity contribution in [2.75, 3.05) is 0 Å². The molecule has 0 radical (unpaired) electrons. The normalized spacial score (nSPS) is 20.7. The molecule has 1 aliphatic carbocycles. The van der Waals surface area contributed by atoms with E-state index in [0.29, 0.717) is 24.8 Å². The number of hydrogen-bond donors (Lipinski definition) is 0. The number of carbonyl (C=O) groups is 2. The van der Waals surface area contributed by atoms with Crippen LogP contribution in [0.15, 0.2) is 12.2 Å². The van der Waals surface area contributed by atoms with Crippen LogP contribution in [-0.4, -0.2) is 24.2 Å². The van der Waals surface area contributed by atoms with Crippen molar-refractivity contribution in [2.24, 2.45) is 11.8 Å². The first-order chi connectivity index (χ1) is 13.8. The summed E-state index contributed by atoms with van der Waals surface area (Å²) in [6, 6.07) is 0. The van der Waals surface area contributed by atoms with Gasteiger partial charge in [-0.1, -0.05) is 105 Å². The summed E-state index contributed by atoms with van der Waals surface area (Å²) in [7, 11) is 0. The van der Waals surface area contributed by atoms with Crippen molar-refractivity contribution >= 4 is 122 Å². The molecule has 0 aromatic heterocycles. The van der Waals surface area contributed by atoms with Crippen molar-refractivity contribution < 1.29 is 14.5 Å². The Morgan fingerprint density at radius 2 is 1.23 bits per heavy atom. The molecule has 1 saturated heterocycles. The second-order valence-corrected chi connectivity index (χ2v) is 11.8. The first-order valence-corrected chi connectivity index (χ1v) is 11.5. The zero-order valence-corrected chi connectivity index (χ0v) is 21.0. The quantitative estimate of drug-likeness (QED) is 0.0510. The van der Waals surface area contributed by atoms with Gasteiger partial charge in [-0.2, -0.15) is 0 Å². The zero-order chi connectivity index (χ0) is 23.0. The second kappa shape index (κ2) is 10.4. The van der Waals surface area contributed by atoms with Crippen LogP contribution in [0.25, 0.3) is 0 Å². The standard InChI is InChI=1S/C9H8Cl3NO2S.C6Cl5NO2/c10-9(11,12)16-13-7(14)5-3-1-2-4-6(5)8(13)15;7-1-2(8)4(10)6(12(13)14)5(11)3(1)9/h1-2,5-6H,3-4H2;. The van der Waals surface area contributed by atoms with E-state index in [1.165, 1.54) is 0 Å². The summed E-state index contributed by atoms with van der Waals surface area (Å²) in [5, 5.41) is 9.41. The molecule has 2 unspecified atom stereocenters. The molecule has 1 aliphatic heterocycles. The van der Waals surface area contributed by atoms with Crippen LogP contribution < -0.4 is 0 Å². The topological polar surface area (TPSA) is 80.5 Å². The van der Waals surface area contributed by atoms with Gasteiger partial charge in [0.25, 0.3) is 3.12 Å². The number of amides is 2. The monoisotopic (exact) mass is 592 g/mol. The van der Waals surface area contributed by atoms with Crippen LogP contribution in [0.4, 0.5) is 5.69 Å². The lowest BCUT2D eigenvalue weighted by Gasteiger charge is -2.17. The number of halogens is 8. The highest BCUT2D eigenvalue weighted by atomic mass is 35.6. The lowest BCUT2D eigenvalue weighted by Crippen LogP contribution is -2.26. The van der Waals surface area contributed by atoms with Gasteiger partial charge in [0.15, 0.2) is 0 Å². The second-order valence-electron chi connectivity index (χ2n) is 5.84. The summed E-state index contributed by atoms with van der Waals surface area (Å²) < 4.78 is -0.693. The number of nitro benzene ring substituents is 1. The van der Waals surface area contributed by atoms with Crippen molar-refractivity contribution in [1.82, 2.24) is 4.31 Å². The van der Waals surface area contributed by atoms with E-state index in [1.807, 2.05) is 12.2 Å². The van der Waals surface area contributed by atoms with E-state index in [1.54, 1.807) is 0 Å². The Labute approximate surface area is 214 Å². The van der Waals surface area contributed by atoms with Crippen LogP contribution in [0, 0.1) is 22.0 Å². The van der Waals surface area contributed by atoms with Gasteiger partial charge < -0.3 is 0 Å². The van der Waals surface area contributed by atoms with Crippen LogP contribution in [0.1, 0.15) is 12.8 Å². The van der Waals surface area contributed by atoms with Crippen LogP contribution in [0.2, 0.25) is 25.1 Å². The predicted molar refractivity (Wildman–Crippen MR) is 123 cm³/mol. The molecule has 1 heterocycles. The highest BCUT2D eigenvalue weighted by molar-refractivity contribution is 8.03. The number of nitro groups is 1. The minimum atomic E-state index is -1.69. The van der Waals surface area contributed by atoms with Gasteiger partial charge in [-0.25, -0.2) is 4.31 Å². The highest BCUT2D eigenvalue weighted by Crippen LogP contribution is 2.48. The van der Waals surface area contributed by atoms with E-state index in [-0.39, 0.29) is 48.8 Å². The molecule has 15 heteroatoms. The number of alkyl halides is 3. The summed E-state index contributed by atoms with van der Waals surface area (Å²) >= 11 is 45.3. The van der Waals surface area contributed by atoms with Gasteiger partial charge in [-0.3, -0.25) is 19.7 Å². The Morgan fingerprint density at radius 3 is 1.57 bits per heavy atom. The average molecular weight is 596 g/mol. The minimum Gasteiger partial charge on any atom is -0.273 e. The van der Waals surface area contributed by atoms with E-state index < -0.39 is 13.7 Å². The van der Waals surface area contributed by atoms with Crippen molar-refractivity contribution in [3.63, 3.8) is 0 Å². The molecule has 0 N–H and O–H groups in total. The van der Waals surface area contributed by atoms with E-state index in [2.05, 4.69) is 0 Å². The Balaban J connectivity index is 0.000000216. The van der Waals surface area contributed by atoms with Crippen LogP contribution >= 0.6 is 105 Å². The van der Waals surface area contributed by atoms with Gasteiger partial charge in [0.05, 0.1) is 31.8 Å². The number of imide groups is 1. The third-order valence-electron chi connectivity index (χ3n) is 4.03. The molecule has 30 heavy (non-hydrogen) atoms. The van der Waals surface area contributed by atoms with Crippen LogP contribution in [-0.2, 0) is 9.59 Å². The van der Waals surface area contributed by atoms with Gasteiger partial charge in [-0.05, 0) is 12.8 Å². The van der Waals surface area contributed by atoms with Gasteiger partial charge in [-0.15, -0.1) is 0 Å². The van der Waals surface area contributed by atoms with Crippen molar-refractivity contribution in [1.29, 1.82) is 0 Å². The molecule has 2 aliphatic rings. The lowest BCUT2D eigenvalue weighted by molar-refractivity contribution is -0.384. The minimum absolute atomic E-state index is 0.103. The SMILES string of the molecule is O=C1C2CC=CCC2C(=O)N1SC(Cl)(Cl)Cl.O=[N+]([O-])c1c(Cl)c(Cl)c(Cl)c(Cl)c1Cl. The maximum absolute atomic E-state index is 11.9. The largest absolute Gasteiger partial charge is 0.309 e. The fraction of sp³-hybridized carbons (Fsp3) is 0.333. The molecule has 0 saturated carbocycles. The van der Waals surface area contributed by atoms with Gasteiger partial charge >= 0.3 is 5.69 Å². The molecule has 0 spiro atoms. The van der Waals surface area contributed by atoms with Gasteiger partial charge in [0, 0.05) is 11.9 Å². The van der Waals surface area contributed by atoms with Crippen molar-refractivity contribution in [2.45, 2.75) is 16.0 Å². The van der Waals surface area contributed by atoms with Crippen molar-refractivity contribution in [3.05, 3.63) is 47.4 Å². The van der Waals surface area contributed by atoms with Crippen molar-refractivity contribution in [3.8, 4) is 0 Å². The number of nitrogens with zero attached hydrogens (tertiary/aromatic N) is 2. The molecule has 3 rings (SSSR count).